The van der Waals surface area contributed by atoms with E-state index in [1.54, 1.807) is 0 Å². The van der Waals surface area contributed by atoms with Gasteiger partial charge in [0.25, 0.3) is 0 Å². The average Bonchev–Trinajstić information content (AvgIpc) is 3.24. The van der Waals surface area contributed by atoms with Crippen molar-refractivity contribution in [3.8, 4) is 28.3 Å². The van der Waals surface area contributed by atoms with Gasteiger partial charge in [-0.1, -0.05) is 47.6 Å². The van der Waals surface area contributed by atoms with Crippen molar-refractivity contribution in [2.75, 3.05) is 46.4 Å². The molecule has 5 nitrogen and oxygen atoms in total. The molecule has 0 amide bonds. The summed E-state index contributed by atoms with van der Waals surface area (Å²) >= 11 is 0. The molecule has 3 aromatic rings. The van der Waals surface area contributed by atoms with E-state index in [-0.39, 0.29) is 0 Å². The Morgan fingerprint density at radius 1 is 0.964 bits per heavy atom. The number of para-hydroxylation sites is 1. The zero-order valence-corrected chi connectivity index (χ0v) is 16.4. The molecule has 0 aliphatic carbocycles. The van der Waals surface area contributed by atoms with E-state index in [1.165, 1.54) is 0 Å². The largest absolute Gasteiger partial charge is 0.493 e. The molecule has 5 heteroatoms. The number of piperazine rings is 1. The van der Waals surface area contributed by atoms with Crippen LogP contribution >= 0.6 is 0 Å². The van der Waals surface area contributed by atoms with Gasteiger partial charge in [0.1, 0.15) is 11.4 Å². The monoisotopic (exact) mass is 377 g/mol. The summed E-state index contributed by atoms with van der Waals surface area (Å²) in [5.74, 6) is 1.62. The Morgan fingerprint density at radius 2 is 1.71 bits per heavy atom. The number of aromatic nitrogens is 1. The summed E-state index contributed by atoms with van der Waals surface area (Å²) < 4.78 is 11.7. The van der Waals surface area contributed by atoms with Crippen LogP contribution in [0.25, 0.3) is 22.6 Å². The smallest absolute Gasteiger partial charge is 0.167 e. The molecule has 1 aliphatic rings. The van der Waals surface area contributed by atoms with Crippen molar-refractivity contribution < 1.29 is 9.26 Å². The van der Waals surface area contributed by atoms with Gasteiger partial charge in [-0.15, -0.1) is 0 Å². The molecule has 2 aromatic carbocycles. The summed E-state index contributed by atoms with van der Waals surface area (Å²) in [6.45, 7) is 6.38. The van der Waals surface area contributed by atoms with Gasteiger partial charge in [-0.25, -0.2) is 0 Å². The first-order valence-corrected chi connectivity index (χ1v) is 9.95. The molecule has 0 atom stereocenters. The molecule has 146 valence electrons. The number of ether oxygens (including phenoxy) is 1. The minimum absolute atomic E-state index is 0.701. The van der Waals surface area contributed by atoms with E-state index < -0.39 is 0 Å². The van der Waals surface area contributed by atoms with Crippen molar-refractivity contribution in [1.29, 1.82) is 0 Å². The maximum atomic E-state index is 6.10. The predicted molar refractivity (Wildman–Crippen MR) is 111 cm³/mol. The standard InChI is InChI=1S/C23H27N3O2/c1-25-13-15-26(16-14-25)12-7-17-27-22-11-6-5-10-20(22)21-18-23(28-24-21)19-8-3-2-4-9-19/h2-6,8-11,18H,7,12-17H2,1H3. The van der Waals surface area contributed by atoms with Gasteiger partial charge in [0, 0.05) is 49.9 Å². The Morgan fingerprint density at radius 3 is 2.54 bits per heavy atom. The van der Waals surface area contributed by atoms with Crippen LogP contribution in [0.15, 0.2) is 65.2 Å². The zero-order chi connectivity index (χ0) is 19.2. The van der Waals surface area contributed by atoms with Gasteiger partial charge in [0.05, 0.1) is 6.61 Å². The van der Waals surface area contributed by atoms with Crippen molar-refractivity contribution in [2.24, 2.45) is 0 Å². The lowest BCUT2D eigenvalue weighted by atomic mass is 10.1. The molecule has 28 heavy (non-hydrogen) atoms. The number of likely N-dealkylation sites (N-methyl/N-ethyl adjacent to an activating group) is 1. The number of nitrogens with zero attached hydrogens (tertiary/aromatic N) is 3. The van der Waals surface area contributed by atoms with Crippen LogP contribution in [-0.2, 0) is 0 Å². The highest BCUT2D eigenvalue weighted by atomic mass is 16.5. The second-order valence-corrected chi connectivity index (χ2v) is 7.29. The molecule has 1 saturated heterocycles. The first-order chi connectivity index (χ1) is 13.8. The molecule has 1 aliphatic heterocycles. The Bertz CT molecular complexity index is 870. The topological polar surface area (TPSA) is 41.7 Å². The van der Waals surface area contributed by atoms with E-state index in [0.717, 1.165) is 67.5 Å². The summed E-state index contributed by atoms with van der Waals surface area (Å²) in [6.07, 6.45) is 1.02. The van der Waals surface area contributed by atoms with Crippen LogP contribution in [0.2, 0.25) is 0 Å². The Balaban J connectivity index is 1.37. The molecule has 2 heterocycles. The van der Waals surface area contributed by atoms with Crippen LogP contribution in [0.4, 0.5) is 0 Å². The number of rotatable bonds is 7. The van der Waals surface area contributed by atoms with Gasteiger partial charge in [0.2, 0.25) is 0 Å². The molecule has 0 spiro atoms. The van der Waals surface area contributed by atoms with Gasteiger partial charge in [-0.05, 0) is 25.6 Å². The number of hydrogen-bond acceptors (Lipinski definition) is 5. The van der Waals surface area contributed by atoms with Crippen LogP contribution in [0.3, 0.4) is 0 Å². The summed E-state index contributed by atoms with van der Waals surface area (Å²) in [6, 6.07) is 20.0. The fourth-order valence-corrected chi connectivity index (χ4v) is 3.49. The van der Waals surface area contributed by atoms with Crippen LogP contribution in [-0.4, -0.2) is 61.3 Å². The maximum absolute atomic E-state index is 6.10. The van der Waals surface area contributed by atoms with Gasteiger partial charge >= 0.3 is 0 Å². The van der Waals surface area contributed by atoms with E-state index in [2.05, 4.69) is 22.0 Å². The molecule has 1 aromatic heterocycles. The summed E-state index contributed by atoms with van der Waals surface area (Å²) in [4.78, 5) is 4.89. The summed E-state index contributed by atoms with van der Waals surface area (Å²) in [7, 11) is 2.19. The highest BCUT2D eigenvalue weighted by Crippen LogP contribution is 2.32. The number of hydrogen-bond donors (Lipinski definition) is 0. The minimum Gasteiger partial charge on any atom is -0.493 e. The predicted octanol–water partition coefficient (Wildman–Crippen LogP) is 4.02. The van der Waals surface area contributed by atoms with E-state index in [0.29, 0.717) is 6.61 Å². The normalized spacial score (nSPS) is 15.6. The second kappa shape index (κ2) is 9.04. The molecule has 0 radical (unpaired) electrons. The fraction of sp³-hybridized carbons (Fsp3) is 0.348. The third kappa shape index (κ3) is 4.61. The Kier molecular flexibility index (Phi) is 6.04. The lowest BCUT2D eigenvalue weighted by Crippen LogP contribution is -2.44. The highest BCUT2D eigenvalue weighted by Gasteiger charge is 2.14. The highest BCUT2D eigenvalue weighted by molar-refractivity contribution is 5.71. The van der Waals surface area contributed by atoms with Crippen LogP contribution in [0, 0.1) is 0 Å². The first kappa shape index (κ1) is 18.7. The lowest BCUT2D eigenvalue weighted by molar-refractivity contribution is 0.145. The average molecular weight is 377 g/mol. The van der Waals surface area contributed by atoms with Crippen molar-refractivity contribution in [3.63, 3.8) is 0 Å². The minimum atomic E-state index is 0.701. The van der Waals surface area contributed by atoms with Crippen LogP contribution in [0.5, 0.6) is 5.75 Å². The van der Waals surface area contributed by atoms with Gasteiger partial charge in [-0.2, -0.15) is 0 Å². The maximum Gasteiger partial charge on any atom is 0.167 e. The molecule has 0 bridgehead atoms. The SMILES string of the molecule is CN1CCN(CCCOc2ccccc2-c2cc(-c3ccccc3)on2)CC1. The third-order valence-corrected chi connectivity index (χ3v) is 5.20. The molecular formula is C23H27N3O2. The Labute approximate surface area is 166 Å². The summed E-state index contributed by atoms with van der Waals surface area (Å²) in [5.41, 5.74) is 2.79. The van der Waals surface area contributed by atoms with Gasteiger partial charge in [0.15, 0.2) is 5.76 Å². The van der Waals surface area contributed by atoms with E-state index in [9.17, 15) is 0 Å². The van der Waals surface area contributed by atoms with Crippen molar-refractivity contribution in [2.45, 2.75) is 6.42 Å². The van der Waals surface area contributed by atoms with Crippen LogP contribution < -0.4 is 4.74 Å². The zero-order valence-electron chi connectivity index (χ0n) is 16.4. The molecule has 0 saturated carbocycles. The number of benzene rings is 2. The van der Waals surface area contributed by atoms with E-state index >= 15 is 0 Å². The van der Waals surface area contributed by atoms with Crippen LogP contribution in [0.1, 0.15) is 6.42 Å². The molecule has 1 fully saturated rings. The third-order valence-electron chi connectivity index (χ3n) is 5.20. The van der Waals surface area contributed by atoms with Gasteiger partial charge < -0.3 is 19.1 Å². The second-order valence-electron chi connectivity index (χ2n) is 7.29. The van der Waals surface area contributed by atoms with E-state index in [4.69, 9.17) is 9.26 Å². The van der Waals surface area contributed by atoms with Crippen molar-refractivity contribution in [1.82, 2.24) is 15.0 Å². The molecule has 4 rings (SSSR count). The fourth-order valence-electron chi connectivity index (χ4n) is 3.49. The lowest BCUT2D eigenvalue weighted by Gasteiger charge is -2.32. The Hall–Kier alpha value is -2.63. The molecule has 0 N–H and O–H groups in total. The molecular weight excluding hydrogens is 350 g/mol. The summed E-state index contributed by atoms with van der Waals surface area (Å²) in [5, 5.41) is 4.26. The quantitative estimate of drug-likeness (QED) is 0.582. The van der Waals surface area contributed by atoms with Crippen molar-refractivity contribution in [3.05, 3.63) is 60.7 Å². The van der Waals surface area contributed by atoms with Crippen molar-refractivity contribution >= 4 is 0 Å². The van der Waals surface area contributed by atoms with Gasteiger partial charge in [-0.3, -0.25) is 0 Å². The van der Waals surface area contributed by atoms with E-state index in [1.807, 2.05) is 60.7 Å². The first-order valence-electron chi connectivity index (χ1n) is 9.95. The molecule has 0 unspecified atom stereocenters.